The highest BCUT2D eigenvalue weighted by molar-refractivity contribution is 9.10. The van der Waals surface area contributed by atoms with Gasteiger partial charge in [0.15, 0.2) is 0 Å². The number of anilines is 1. The Labute approximate surface area is 127 Å². The highest BCUT2D eigenvalue weighted by Gasteiger charge is 2.30. The summed E-state index contributed by atoms with van der Waals surface area (Å²) in [5.74, 6) is 0.600. The van der Waals surface area contributed by atoms with E-state index in [9.17, 15) is 13.2 Å². The number of hydrogen-bond donors (Lipinski definition) is 1. The predicted octanol–water partition coefficient (Wildman–Crippen LogP) is 5.03. The van der Waals surface area contributed by atoms with Gasteiger partial charge in [-0.05, 0) is 64.8 Å². The number of benzene rings is 2. The van der Waals surface area contributed by atoms with Crippen molar-refractivity contribution in [1.29, 1.82) is 0 Å². The fourth-order valence-electron chi connectivity index (χ4n) is 1.58. The lowest BCUT2D eigenvalue weighted by molar-refractivity contribution is -0.274. The molecule has 112 valence electrons. The van der Waals surface area contributed by atoms with Crippen LogP contribution in [-0.4, -0.2) is 6.36 Å². The average molecular weight is 362 g/mol. The Morgan fingerprint density at radius 2 is 1.62 bits per heavy atom. The Balaban J connectivity index is 2.16. The van der Waals surface area contributed by atoms with Crippen LogP contribution in [0.4, 0.5) is 18.9 Å². The van der Waals surface area contributed by atoms with E-state index in [0.717, 1.165) is 5.56 Å². The van der Waals surface area contributed by atoms with E-state index < -0.39 is 6.36 Å². The van der Waals surface area contributed by atoms with E-state index >= 15 is 0 Å². The van der Waals surface area contributed by atoms with Crippen molar-refractivity contribution in [3.05, 3.63) is 46.4 Å². The number of nitrogens with two attached hydrogens (primary N) is 1. The Bertz CT molecular complexity index is 642. The van der Waals surface area contributed by atoms with E-state index in [1.165, 1.54) is 24.3 Å². The molecule has 0 aliphatic heterocycles. The third-order valence-corrected chi connectivity index (χ3v) is 3.23. The van der Waals surface area contributed by atoms with Crippen LogP contribution in [0.25, 0.3) is 0 Å². The molecule has 2 rings (SSSR count). The largest absolute Gasteiger partial charge is 0.573 e. The van der Waals surface area contributed by atoms with Gasteiger partial charge in [-0.1, -0.05) is 0 Å². The Hall–Kier alpha value is -1.89. The molecule has 2 aromatic carbocycles. The van der Waals surface area contributed by atoms with Gasteiger partial charge in [0, 0.05) is 5.69 Å². The van der Waals surface area contributed by atoms with Crippen LogP contribution in [0, 0.1) is 6.92 Å². The molecule has 0 aromatic heterocycles. The van der Waals surface area contributed by atoms with E-state index in [2.05, 4.69) is 20.7 Å². The second-order valence-corrected chi connectivity index (χ2v) is 5.11. The summed E-state index contributed by atoms with van der Waals surface area (Å²) >= 11 is 3.31. The zero-order chi connectivity index (χ0) is 15.6. The Morgan fingerprint density at radius 1 is 1.05 bits per heavy atom. The standard InChI is InChI=1S/C14H11BrF3NO2/c1-8-6-13(11(15)7-12(8)19)20-9-2-4-10(5-3-9)21-14(16,17)18/h2-7H,19H2,1H3. The van der Waals surface area contributed by atoms with E-state index in [-0.39, 0.29) is 5.75 Å². The summed E-state index contributed by atoms with van der Waals surface area (Å²) in [5, 5.41) is 0. The smallest absolute Gasteiger partial charge is 0.456 e. The fraction of sp³-hybridized carbons (Fsp3) is 0.143. The van der Waals surface area contributed by atoms with Gasteiger partial charge >= 0.3 is 6.36 Å². The molecular formula is C14H11BrF3NO2. The number of halogens is 4. The lowest BCUT2D eigenvalue weighted by atomic mass is 10.2. The summed E-state index contributed by atoms with van der Waals surface area (Å²) in [5.41, 5.74) is 7.21. The highest BCUT2D eigenvalue weighted by atomic mass is 79.9. The monoisotopic (exact) mass is 361 g/mol. The summed E-state index contributed by atoms with van der Waals surface area (Å²) in [4.78, 5) is 0. The van der Waals surface area contributed by atoms with Crippen LogP contribution in [0.3, 0.4) is 0 Å². The summed E-state index contributed by atoms with van der Waals surface area (Å²) in [6, 6.07) is 8.57. The highest BCUT2D eigenvalue weighted by Crippen LogP contribution is 2.34. The molecule has 0 aliphatic rings. The van der Waals surface area contributed by atoms with Gasteiger partial charge in [0.25, 0.3) is 0 Å². The average Bonchev–Trinajstić information content (AvgIpc) is 2.36. The molecule has 0 saturated heterocycles. The SMILES string of the molecule is Cc1cc(Oc2ccc(OC(F)(F)F)cc2)c(Br)cc1N. The molecule has 0 radical (unpaired) electrons. The molecule has 0 spiro atoms. The van der Waals surface area contributed by atoms with Crippen molar-refractivity contribution in [3.8, 4) is 17.2 Å². The number of nitrogen functional groups attached to an aromatic ring is 1. The minimum absolute atomic E-state index is 0.303. The summed E-state index contributed by atoms with van der Waals surface area (Å²) < 4.78 is 46.2. The van der Waals surface area contributed by atoms with Gasteiger partial charge in [-0.15, -0.1) is 13.2 Å². The van der Waals surface area contributed by atoms with Crippen LogP contribution < -0.4 is 15.2 Å². The molecular weight excluding hydrogens is 351 g/mol. The number of alkyl halides is 3. The Kier molecular flexibility index (Phi) is 4.32. The molecule has 21 heavy (non-hydrogen) atoms. The van der Waals surface area contributed by atoms with Gasteiger partial charge in [-0.2, -0.15) is 0 Å². The molecule has 7 heteroatoms. The molecule has 3 nitrogen and oxygen atoms in total. The van der Waals surface area contributed by atoms with Crippen molar-refractivity contribution in [2.75, 3.05) is 5.73 Å². The van der Waals surface area contributed by atoms with Crippen LogP contribution in [0.1, 0.15) is 5.56 Å². The maximum Gasteiger partial charge on any atom is 0.573 e. The van der Waals surface area contributed by atoms with Crippen molar-refractivity contribution in [1.82, 2.24) is 0 Å². The zero-order valence-corrected chi connectivity index (χ0v) is 12.5. The molecule has 2 aromatic rings. The van der Waals surface area contributed by atoms with Crippen molar-refractivity contribution < 1.29 is 22.6 Å². The first kappa shape index (κ1) is 15.5. The second kappa shape index (κ2) is 5.85. The summed E-state index contributed by atoms with van der Waals surface area (Å²) in [6.45, 7) is 1.83. The lowest BCUT2D eigenvalue weighted by Gasteiger charge is -2.12. The predicted molar refractivity (Wildman–Crippen MR) is 76.5 cm³/mol. The minimum atomic E-state index is -4.71. The van der Waals surface area contributed by atoms with Gasteiger partial charge in [0.1, 0.15) is 17.2 Å². The Morgan fingerprint density at radius 3 is 2.19 bits per heavy atom. The minimum Gasteiger partial charge on any atom is -0.456 e. The molecule has 0 amide bonds. The molecule has 0 fully saturated rings. The van der Waals surface area contributed by atoms with Crippen LogP contribution >= 0.6 is 15.9 Å². The third kappa shape index (κ3) is 4.29. The quantitative estimate of drug-likeness (QED) is 0.779. The summed E-state index contributed by atoms with van der Waals surface area (Å²) in [7, 11) is 0. The number of hydrogen-bond acceptors (Lipinski definition) is 3. The van der Waals surface area contributed by atoms with E-state index in [1.807, 2.05) is 6.92 Å². The maximum atomic E-state index is 12.1. The van der Waals surface area contributed by atoms with Crippen molar-refractivity contribution in [3.63, 3.8) is 0 Å². The molecule has 0 aliphatic carbocycles. The first-order chi connectivity index (χ1) is 9.74. The van der Waals surface area contributed by atoms with Crippen LogP contribution in [0.5, 0.6) is 17.2 Å². The molecule has 0 heterocycles. The lowest BCUT2D eigenvalue weighted by Crippen LogP contribution is -2.16. The normalized spacial score (nSPS) is 11.3. The van der Waals surface area contributed by atoms with Crippen LogP contribution in [0.2, 0.25) is 0 Å². The van der Waals surface area contributed by atoms with E-state index in [0.29, 0.717) is 21.7 Å². The number of aryl methyl sites for hydroxylation is 1. The van der Waals surface area contributed by atoms with Gasteiger partial charge in [0.05, 0.1) is 4.47 Å². The number of ether oxygens (including phenoxy) is 2. The first-order valence-corrected chi connectivity index (χ1v) is 6.63. The molecule has 0 bridgehead atoms. The second-order valence-electron chi connectivity index (χ2n) is 4.26. The van der Waals surface area contributed by atoms with E-state index in [1.54, 1.807) is 12.1 Å². The zero-order valence-electron chi connectivity index (χ0n) is 10.9. The van der Waals surface area contributed by atoms with Crippen molar-refractivity contribution in [2.24, 2.45) is 0 Å². The molecule has 0 unspecified atom stereocenters. The van der Waals surface area contributed by atoms with E-state index in [4.69, 9.17) is 10.5 Å². The maximum absolute atomic E-state index is 12.1. The number of rotatable bonds is 3. The molecule has 0 saturated carbocycles. The third-order valence-electron chi connectivity index (χ3n) is 2.61. The van der Waals surface area contributed by atoms with Gasteiger partial charge < -0.3 is 15.2 Å². The van der Waals surface area contributed by atoms with Crippen molar-refractivity contribution in [2.45, 2.75) is 13.3 Å². The summed E-state index contributed by atoms with van der Waals surface area (Å²) in [6.07, 6.45) is -4.71. The van der Waals surface area contributed by atoms with Gasteiger partial charge in [-0.3, -0.25) is 0 Å². The van der Waals surface area contributed by atoms with Crippen LogP contribution in [0.15, 0.2) is 40.9 Å². The van der Waals surface area contributed by atoms with Gasteiger partial charge in [0.2, 0.25) is 0 Å². The topological polar surface area (TPSA) is 44.5 Å². The van der Waals surface area contributed by atoms with Gasteiger partial charge in [-0.25, -0.2) is 0 Å². The fourth-order valence-corrected chi connectivity index (χ4v) is 2.03. The molecule has 0 atom stereocenters. The molecule has 2 N–H and O–H groups in total. The van der Waals surface area contributed by atoms with Crippen molar-refractivity contribution >= 4 is 21.6 Å². The van der Waals surface area contributed by atoms with Crippen LogP contribution in [-0.2, 0) is 0 Å². The first-order valence-electron chi connectivity index (χ1n) is 5.84.